The Balaban J connectivity index is 0.000000205. The van der Waals surface area contributed by atoms with Crippen molar-refractivity contribution in [3.05, 3.63) is 131 Å². The zero-order valence-corrected chi connectivity index (χ0v) is 28.2. The zero-order chi connectivity index (χ0) is 36.4. The van der Waals surface area contributed by atoms with Crippen LogP contribution in [0.4, 0.5) is 52.7 Å². The van der Waals surface area contributed by atoms with E-state index in [2.05, 4.69) is 0 Å². The number of hydrogen-bond donors (Lipinski definition) is 0. The van der Waals surface area contributed by atoms with Crippen LogP contribution >= 0.6 is 17.0 Å². The molecule has 0 radical (unpaired) electrons. The van der Waals surface area contributed by atoms with Crippen LogP contribution in [0.5, 0.6) is 0 Å². The Hall–Kier alpha value is -3.28. The van der Waals surface area contributed by atoms with Gasteiger partial charge in [-0.3, -0.25) is 0 Å². The Kier molecular flexibility index (Phi) is 11.7. The van der Waals surface area contributed by atoms with Crippen molar-refractivity contribution in [3.8, 4) is 22.3 Å². The second-order valence-electron chi connectivity index (χ2n) is 10.4. The van der Waals surface area contributed by atoms with Gasteiger partial charge in [0.05, 0.1) is 0 Å². The van der Waals surface area contributed by atoms with Crippen molar-refractivity contribution in [3.63, 3.8) is 0 Å². The first-order chi connectivity index (χ1) is 22.7. The quantitative estimate of drug-likeness (QED) is 0.121. The Morgan fingerprint density at radius 1 is 0.408 bits per heavy atom. The Bertz CT molecular complexity index is 1750. The summed E-state index contributed by atoms with van der Waals surface area (Å²) < 4.78 is 155. The SMILES string of the molecule is FC(F)(F)c1cc(-c2cc3ccccc3[cH-]2)cc(C(F)(F)F)c1.FC(F)(F)c1cc(-c2cc3ccccc3[cH-]2)cc(C(F)(F)F)c1.[Cl][Zr+2][Cl]. The average Bonchev–Trinajstić information content (AvgIpc) is 3.65. The molecule has 0 saturated heterocycles. The molecule has 0 aliphatic heterocycles. The molecular formula is C34H18Cl2F12Zr. The third-order valence-corrected chi connectivity index (χ3v) is 7.08. The van der Waals surface area contributed by atoms with Crippen molar-refractivity contribution < 1.29 is 73.5 Å². The van der Waals surface area contributed by atoms with Crippen molar-refractivity contribution in [2.24, 2.45) is 0 Å². The molecule has 0 spiro atoms. The average molecular weight is 817 g/mol. The number of fused-ring (bicyclic) bond motifs is 2. The van der Waals surface area contributed by atoms with Gasteiger partial charge in [-0.25, -0.2) is 0 Å². The van der Waals surface area contributed by atoms with E-state index in [0.29, 0.717) is 11.1 Å². The molecule has 0 aliphatic carbocycles. The van der Waals surface area contributed by atoms with Gasteiger partial charge in [-0.1, -0.05) is 71.8 Å². The molecule has 0 unspecified atom stereocenters. The third-order valence-electron chi connectivity index (χ3n) is 7.08. The van der Waals surface area contributed by atoms with E-state index in [9.17, 15) is 52.7 Å². The summed E-state index contributed by atoms with van der Waals surface area (Å²) in [6, 6.07) is 23.5. The molecule has 0 bridgehead atoms. The zero-order valence-electron chi connectivity index (χ0n) is 24.2. The van der Waals surface area contributed by atoms with E-state index in [1.54, 1.807) is 72.8 Å². The Labute approximate surface area is 289 Å². The van der Waals surface area contributed by atoms with E-state index in [0.717, 1.165) is 45.8 Å². The summed E-state index contributed by atoms with van der Waals surface area (Å²) in [6.07, 6.45) is -19.4. The van der Waals surface area contributed by atoms with Crippen molar-refractivity contribution >= 4 is 38.6 Å². The van der Waals surface area contributed by atoms with Gasteiger partial charge in [-0.15, -0.1) is 69.1 Å². The van der Waals surface area contributed by atoms with E-state index in [-0.39, 0.29) is 23.3 Å². The number of rotatable bonds is 2. The normalized spacial score (nSPS) is 12.2. The van der Waals surface area contributed by atoms with Gasteiger partial charge in [-0.05, 0) is 12.1 Å². The molecule has 0 heterocycles. The van der Waals surface area contributed by atoms with Crippen LogP contribution in [0.25, 0.3) is 43.8 Å². The molecule has 0 amide bonds. The van der Waals surface area contributed by atoms with Crippen LogP contribution in [0.2, 0.25) is 0 Å². The molecule has 0 saturated carbocycles. The summed E-state index contributed by atoms with van der Waals surface area (Å²) in [4.78, 5) is 0. The summed E-state index contributed by atoms with van der Waals surface area (Å²) in [5.74, 6) is 0. The summed E-state index contributed by atoms with van der Waals surface area (Å²) >= 11 is -0.826. The van der Waals surface area contributed by atoms with E-state index >= 15 is 0 Å². The summed E-state index contributed by atoms with van der Waals surface area (Å²) in [5.41, 5.74) is -4.82. The molecule has 0 fully saturated rings. The maximum absolute atomic E-state index is 12.9. The molecule has 49 heavy (non-hydrogen) atoms. The monoisotopic (exact) mass is 814 g/mol. The van der Waals surface area contributed by atoms with Gasteiger partial charge in [0.2, 0.25) is 0 Å². The number of halogens is 14. The predicted octanol–water partition coefficient (Wildman–Crippen LogP) is 13.9. The van der Waals surface area contributed by atoms with Crippen LogP contribution in [0.1, 0.15) is 22.3 Å². The van der Waals surface area contributed by atoms with Gasteiger partial charge in [0.1, 0.15) is 0 Å². The summed E-state index contributed by atoms with van der Waals surface area (Å²) in [5, 5.41) is 3.03. The molecule has 0 N–H and O–H groups in total. The first-order valence-corrected chi connectivity index (χ1v) is 19.9. The van der Waals surface area contributed by atoms with Gasteiger partial charge in [0, 0.05) is 22.3 Å². The molecule has 6 aromatic carbocycles. The minimum absolute atomic E-state index is 0.108. The molecule has 6 rings (SSSR count). The molecule has 0 atom stereocenters. The van der Waals surface area contributed by atoms with Crippen molar-refractivity contribution in [1.29, 1.82) is 0 Å². The first kappa shape index (κ1) is 38.5. The Morgan fingerprint density at radius 3 is 0.918 bits per heavy atom. The van der Waals surface area contributed by atoms with E-state index in [1.807, 2.05) is 0 Å². The van der Waals surface area contributed by atoms with Crippen LogP contribution in [-0.4, -0.2) is 0 Å². The van der Waals surface area contributed by atoms with Crippen molar-refractivity contribution in [2.75, 3.05) is 0 Å². The van der Waals surface area contributed by atoms with Gasteiger partial charge in [0.15, 0.2) is 0 Å². The topological polar surface area (TPSA) is 0 Å². The van der Waals surface area contributed by atoms with Crippen LogP contribution in [0.3, 0.4) is 0 Å². The van der Waals surface area contributed by atoms with E-state index < -0.39 is 67.8 Å². The van der Waals surface area contributed by atoms with Gasteiger partial charge in [-0.2, -0.15) is 52.7 Å². The number of hydrogen-bond acceptors (Lipinski definition) is 0. The molecule has 6 aromatic rings. The molecule has 0 nitrogen and oxygen atoms in total. The van der Waals surface area contributed by atoms with Gasteiger partial charge >= 0.3 is 62.6 Å². The minimum atomic E-state index is -4.85. The fraction of sp³-hybridized carbons (Fsp3) is 0.118. The van der Waals surface area contributed by atoms with E-state index in [4.69, 9.17) is 17.0 Å². The van der Waals surface area contributed by atoms with Crippen LogP contribution in [0, 0.1) is 0 Å². The number of benzene rings is 4. The second-order valence-corrected chi connectivity index (χ2v) is 14.1. The van der Waals surface area contributed by atoms with Crippen molar-refractivity contribution in [1.82, 2.24) is 0 Å². The molecule has 0 aliphatic rings. The van der Waals surface area contributed by atoms with Crippen LogP contribution in [-0.2, 0) is 45.6 Å². The summed E-state index contributed by atoms with van der Waals surface area (Å²) in [6.45, 7) is 0. The summed E-state index contributed by atoms with van der Waals surface area (Å²) in [7, 11) is 9.87. The van der Waals surface area contributed by atoms with Crippen molar-refractivity contribution in [2.45, 2.75) is 24.7 Å². The first-order valence-electron chi connectivity index (χ1n) is 13.6. The molecular weight excluding hydrogens is 798 g/mol. The maximum atomic E-state index is 12.9. The molecule has 0 aromatic heterocycles. The standard InChI is InChI=1S/2C17H9F6.2ClH.Zr/c2*18-16(19,20)14-7-13(8-15(9-14)17(21,22)23)12-5-10-3-1-2-4-11(10)6-12;;;/h2*1-9H;2*1H;/q2*-1;;;+4/p-2. The fourth-order valence-electron chi connectivity index (χ4n) is 4.88. The van der Waals surface area contributed by atoms with Crippen LogP contribution < -0.4 is 0 Å². The third kappa shape index (κ3) is 9.92. The number of alkyl halides is 12. The van der Waals surface area contributed by atoms with E-state index in [1.165, 1.54) is 0 Å². The molecule has 15 heteroatoms. The predicted molar refractivity (Wildman–Crippen MR) is 162 cm³/mol. The van der Waals surface area contributed by atoms with Crippen LogP contribution in [0.15, 0.2) is 109 Å². The van der Waals surface area contributed by atoms with Gasteiger partial charge < -0.3 is 0 Å². The fourth-order valence-corrected chi connectivity index (χ4v) is 4.88. The Morgan fingerprint density at radius 2 is 0.673 bits per heavy atom. The molecule has 256 valence electrons. The second kappa shape index (κ2) is 14.9. The van der Waals surface area contributed by atoms with Gasteiger partial charge in [0.25, 0.3) is 0 Å².